The van der Waals surface area contributed by atoms with E-state index in [1.165, 1.54) is 24.3 Å². The van der Waals surface area contributed by atoms with Crippen LogP contribution in [0.5, 0.6) is 11.5 Å². The maximum atomic E-state index is 13.4. The lowest BCUT2D eigenvalue weighted by Crippen LogP contribution is -1.95. The van der Waals surface area contributed by atoms with Crippen LogP contribution in [0.2, 0.25) is 0 Å². The zero-order valence-electron chi connectivity index (χ0n) is 9.15. The Labute approximate surface area is 102 Å². The number of nitrogens with two attached hydrogens (primary N) is 1. The maximum absolute atomic E-state index is 13.4. The fraction of sp³-hybridized carbons (Fsp3) is 0. The first kappa shape index (κ1) is 11.9. The maximum Gasteiger partial charge on any atom is 0.167 e. The lowest BCUT2D eigenvalue weighted by Gasteiger charge is -2.07. The molecule has 0 atom stereocenters. The molecule has 0 aliphatic carbocycles. The molecule has 0 unspecified atom stereocenters. The first-order valence-electron chi connectivity index (χ1n) is 5.02. The van der Waals surface area contributed by atoms with E-state index in [1.807, 2.05) is 6.07 Å². The van der Waals surface area contributed by atoms with Crippen molar-refractivity contribution in [3.8, 4) is 17.6 Å². The van der Waals surface area contributed by atoms with Crippen molar-refractivity contribution in [2.24, 2.45) is 0 Å². The van der Waals surface area contributed by atoms with Crippen LogP contribution in [0.15, 0.2) is 36.4 Å². The number of ether oxygens (including phenoxy) is 1. The van der Waals surface area contributed by atoms with E-state index < -0.39 is 11.6 Å². The van der Waals surface area contributed by atoms with E-state index in [0.717, 1.165) is 12.1 Å². The van der Waals surface area contributed by atoms with Crippen LogP contribution < -0.4 is 10.5 Å². The van der Waals surface area contributed by atoms with Gasteiger partial charge in [-0.05, 0) is 24.3 Å². The van der Waals surface area contributed by atoms with Gasteiger partial charge in [-0.2, -0.15) is 5.26 Å². The number of halogens is 2. The minimum Gasteiger partial charge on any atom is -0.454 e. The van der Waals surface area contributed by atoms with Crippen LogP contribution in [-0.4, -0.2) is 0 Å². The topological polar surface area (TPSA) is 59.0 Å². The lowest BCUT2D eigenvalue weighted by molar-refractivity contribution is 0.437. The predicted molar refractivity (Wildman–Crippen MR) is 62.0 cm³/mol. The van der Waals surface area contributed by atoms with Crippen LogP contribution in [0.1, 0.15) is 5.56 Å². The van der Waals surface area contributed by atoms with Gasteiger partial charge < -0.3 is 10.5 Å². The highest BCUT2D eigenvalue weighted by Gasteiger charge is 2.09. The van der Waals surface area contributed by atoms with E-state index in [4.69, 9.17) is 15.7 Å². The molecule has 0 radical (unpaired) electrons. The van der Waals surface area contributed by atoms with Crippen molar-refractivity contribution in [1.82, 2.24) is 0 Å². The van der Waals surface area contributed by atoms with Crippen molar-refractivity contribution in [2.45, 2.75) is 0 Å². The zero-order chi connectivity index (χ0) is 13.1. The number of benzene rings is 2. The number of nitrogen functional groups attached to an aromatic ring is 1. The molecular weight excluding hydrogens is 238 g/mol. The first-order valence-corrected chi connectivity index (χ1v) is 5.02. The molecule has 0 aromatic heterocycles. The Morgan fingerprint density at radius 3 is 2.33 bits per heavy atom. The molecule has 0 aliphatic rings. The number of anilines is 1. The Bertz CT molecular complexity index is 618. The molecule has 5 heteroatoms. The Hall–Kier alpha value is -2.61. The van der Waals surface area contributed by atoms with Crippen LogP contribution in [0, 0.1) is 23.0 Å². The normalized spacial score (nSPS) is 9.83. The second-order valence-electron chi connectivity index (χ2n) is 3.54. The predicted octanol–water partition coefficient (Wildman–Crippen LogP) is 3.21. The SMILES string of the molecule is N#Cc1ccc(Oc2cc(F)c(N)cc2F)cc1. The molecule has 0 heterocycles. The molecule has 0 bridgehead atoms. The van der Waals surface area contributed by atoms with Crippen molar-refractivity contribution in [1.29, 1.82) is 5.26 Å². The second kappa shape index (κ2) is 4.72. The summed E-state index contributed by atoms with van der Waals surface area (Å²) in [6.45, 7) is 0. The largest absolute Gasteiger partial charge is 0.454 e. The van der Waals surface area contributed by atoms with E-state index in [9.17, 15) is 8.78 Å². The van der Waals surface area contributed by atoms with Gasteiger partial charge in [-0.15, -0.1) is 0 Å². The number of rotatable bonds is 2. The number of nitrogens with zero attached hydrogens (tertiary/aromatic N) is 1. The Morgan fingerprint density at radius 2 is 1.72 bits per heavy atom. The van der Waals surface area contributed by atoms with Crippen LogP contribution in [0.4, 0.5) is 14.5 Å². The molecule has 2 aromatic carbocycles. The fourth-order valence-electron chi connectivity index (χ4n) is 1.35. The molecule has 0 saturated carbocycles. The summed E-state index contributed by atoms with van der Waals surface area (Å²) in [4.78, 5) is 0. The van der Waals surface area contributed by atoms with Gasteiger partial charge in [-0.3, -0.25) is 0 Å². The summed E-state index contributed by atoms with van der Waals surface area (Å²) < 4.78 is 31.8. The number of hydrogen-bond donors (Lipinski definition) is 1. The zero-order valence-corrected chi connectivity index (χ0v) is 9.15. The fourth-order valence-corrected chi connectivity index (χ4v) is 1.35. The summed E-state index contributed by atoms with van der Waals surface area (Å²) in [5.41, 5.74) is 5.39. The van der Waals surface area contributed by atoms with E-state index in [0.29, 0.717) is 11.3 Å². The van der Waals surface area contributed by atoms with Crippen molar-refractivity contribution >= 4 is 5.69 Å². The Balaban J connectivity index is 2.28. The molecule has 18 heavy (non-hydrogen) atoms. The quantitative estimate of drug-likeness (QED) is 0.827. The number of hydrogen-bond acceptors (Lipinski definition) is 3. The highest BCUT2D eigenvalue weighted by molar-refractivity contribution is 5.46. The molecule has 2 rings (SSSR count). The molecule has 3 nitrogen and oxygen atoms in total. The van der Waals surface area contributed by atoms with Gasteiger partial charge in [-0.1, -0.05) is 0 Å². The molecule has 0 spiro atoms. The highest BCUT2D eigenvalue weighted by Crippen LogP contribution is 2.27. The van der Waals surface area contributed by atoms with Gasteiger partial charge in [0.15, 0.2) is 11.6 Å². The van der Waals surface area contributed by atoms with Crippen LogP contribution in [-0.2, 0) is 0 Å². The summed E-state index contributed by atoms with van der Waals surface area (Å²) in [7, 11) is 0. The van der Waals surface area contributed by atoms with Crippen LogP contribution in [0.25, 0.3) is 0 Å². The Morgan fingerprint density at radius 1 is 1.06 bits per heavy atom. The van der Waals surface area contributed by atoms with Gasteiger partial charge in [-0.25, -0.2) is 8.78 Å². The Kier molecular flexibility index (Phi) is 3.11. The molecule has 0 amide bonds. The third-order valence-electron chi connectivity index (χ3n) is 2.26. The minimum absolute atomic E-state index is 0.258. The van der Waals surface area contributed by atoms with E-state index >= 15 is 0 Å². The summed E-state index contributed by atoms with van der Waals surface area (Å²) in [6, 6.07) is 9.69. The average molecular weight is 246 g/mol. The van der Waals surface area contributed by atoms with Gasteiger partial charge in [0.2, 0.25) is 0 Å². The summed E-state index contributed by atoms with van der Waals surface area (Å²) in [5.74, 6) is -1.46. The van der Waals surface area contributed by atoms with Crippen molar-refractivity contribution in [3.05, 3.63) is 53.6 Å². The molecular formula is C13H8F2N2O. The standard InChI is InChI=1S/C13H8F2N2O/c14-10-6-13(11(15)5-12(10)17)18-9-3-1-8(7-16)2-4-9/h1-6H,17H2. The van der Waals surface area contributed by atoms with Crippen molar-refractivity contribution < 1.29 is 13.5 Å². The third-order valence-corrected chi connectivity index (χ3v) is 2.26. The lowest BCUT2D eigenvalue weighted by atomic mass is 10.2. The molecule has 2 aromatic rings. The van der Waals surface area contributed by atoms with E-state index in [1.54, 1.807) is 0 Å². The molecule has 0 fully saturated rings. The van der Waals surface area contributed by atoms with E-state index in [2.05, 4.69) is 0 Å². The van der Waals surface area contributed by atoms with Gasteiger partial charge in [0.1, 0.15) is 11.6 Å². The number of nitriles is 1. The first-order chi connectivity index (χ1) is 8.60. The molecule has 0 aliphatic heterocycles. The van der Waals surface area contributed by atoms with E-state index in [-0.39, 0.29) is 11.4 Å². The molecule has 2 N–H and O–H groups in total. The van der Waals surface area contributed by atoms with Crippen LogP contribution >= 0.6 is 0 Å². The minimum atomic E-state index is -0.752. The van der Waals surface area contributed by atoms with Gasteiger partial charge in [0.05, 0.1) is 17.3 Å². The van der Waals surface area contributed by atoms with Crippen molar-refractivity contribution in [3.63, 3.8) is 0 Å². The highest BCUT2D eigenvalue weighted by atomic mass is 19.1. The molecule has 0 saturated heterocycles. The van der Waals surface area contributed by atoms with Crippen molar-refractivity contribution in [2.75, 3.05) is 5.73 Å². The third kappa shape index (κ3) is 2.38. The van der Waals surface area contributed by atoms with Crippen LogP contribution in [0.3, 0.4) is 0 Å². The van der Waals surface area contributed by atoms with Gasteiger partial charge in [0.25, 0.3) is 0 Å². The smallest absolute Gasteiger partial charge is 0.167 e. The second-order valence-corrected chi connectivity index (χ2v) is 3.54. The van der Waals surface area contributed by atoms with Gasteiger partial charge >= 0.3 is 0 Å². The van der Waals surface area contributed by atoms with Gasteiger partial charge in [0, 0.05) is 12.1 Å². The molecule has 90 valence electrons. The summed E-state index contributed by atoms with van der Waals surface area (Å²) >= 11 is 0. The summed E-state index contributed by atoms with van der Waals surface area (Å²) in [6.07, 6.45) is 0. The summed E-state index contributed by atoms with van der Waals surface area (Å²) in [5, 5.41) is 8.61. The monoisotopic (exact) mass is 246 g/mol. The average Bonchev–Trinajstić information content (AvgIpc) is 2.37.